The van der Waals surface area contributed by atoms with Gasteiger partial charge in [-0.15, -0.1) is 0 Å². The number of hydrogen-bond donors (Lipinski definition) is 0. The molecule has 88 valence electrons. The van der Waals surface area contributed by atoms with Crippen LogP contribution in [0.3, 0.4) is 0 Å². The van der Waals surface area contributed by atoms with Crippen molar-refractivity contribution < 1.29 is 9.53 Å². The lowest BCUT2D eigenvalue weighted by atomic mass is 10.2. The van der Waals surface area contributed by atoms with Crippen LogP contribution < -0.4 is 0 Å². The molecule has 0 bridgehead atoms. The maximum Gasteiger partial charge on any atom is 0.255 e. The monoisotopic (exact) mass is 231 g/mol. The first-order chi connectivity index (χ1) is 8.34. The SMILES string of the molecule is O=C(c1ccc2cncn2c1)N1CCOCC1. The van der Waals surface area contributed by atoms with E-state index in [0.29, 0.717) is 31.9 Å². The van der Waals surface area contributed by atoms with Crippen molar-refractivity contribution in [3.63, 3.8) is 0 Å². The molecule has 1 aliphatic heterocycles. The predicted molar refractivity (Wildman–Crippen MR) is 61.9 cm³/mol. The number of carbonyl (C=O) groups excluding carboxylic acids is 1. The molecule has 1 fully saturated rings. The highest BCUT2D eigenvalue weighted by Crippen LogP contribution is 2.10. The van der Waals surface area contributed by atoms with Gasteiger partial charge < -0.3 is 14.0 Å². The lowest BCUT2D eigenvalue weighted by Gasteiger charge is -2.26. The highest BCUT2D eigenvalue weighted by molar-refractivity contribution is 5.94. The number of imidazole rings is 1. The molecule has 3 rings (SSSR count). The van der Waals surface area contributed by atoms with Crippen molar-refractivity contribution in [2.24, 2.45) is 0 Å². The molecule has 3 heterocycles. The van der Waals surface area contributed by atoms with Crippen LogP contribution in [0.2, 0.25) is 0 Å². The first-order valence-corrected chi connectivity index (χ1v) is 5.63. The number of nitrogens with zero attached hydrogens (tertiary/aromatic N) is 3. The molecule has 0 atom stereocenters. The smallest absolute Gasteiger partial charge is 0.255 e. The molecule has 0 saturated carbocycles. The number of pyridine rings is 1. The Balaban J connectivity index is 1.88. The summed E-state index contributed by atoms with van der Waals surface area (Å²) in [5, 5.41) is 0. The minimum atomic E-state index is 0.0592. The second-order valence-electron chi connectivity index (χ2n) is 4.05. The quantitative estimate of drug-likeness (QED) is 0.729. The molecule has 0 unspecified atom stereocenters. The largest absolute Gasteiger partial charge is 0.378 e. The summed E-state index contributed by atoms with van der Waals surface area (Å²) >= 11 is 0. The van der Waals surface area contributed by atoms with Gasteiger partial charge in [-0.1, -0.05) is 0 Å². The van der Waals surface area contributed by atoms with E-state index in [0.717, 1.165) is 5.52 Å². The van der Waals surface area contributed by atoms with Gasteiger partial charge in [-0.05, 0) is 12.1 Å². The molecule has 0 aliphatic carbocycles. The Morgan fingerprint density at radius 3 is 2.94 bits per heavy atom. The lowest BCUT2D eigenvalue weighted by Crippen LogP contribution is -2.40. The average Bonchev–Trinajstić information content (AvgIpc) is 2.86. The number of morpholine rings is 1. The zero-order chi connectivity index (χ0) is 11.7. The number of amides is 1. The van der Waals surface area contributed by atoms with E-state index in [1.165, 1.54) is 0 Å². The van der Waals surface area contributed by atoms with Crippen LogP contribution in [0.25, 0.3) is 5.52 Å². The van der Waals surface area contributed by atoms with Crippen molar-refractivity contribution in [2.75, 3.05) is 26.3 Å². The van der Waals surface area contributed by atoms with E-state index in [4.69, 9.17) is 4.74 Å². The Kier molecular flexibility index (Phi) is 2.53. The molecule has 5 nitrogen and oxygen atoms in total. The summed E-state index contributed by atoms with van der Waals surface area (Å²) in [6.45, 7) is 2.58. The summed E-state index contributed by atoms with van der Waals surface area (Å²) in [6, 6.07) is 3.75. The Bertz CT molecular complexity index is 543. The second kappa shape index (κ2) is 4.18. The van der Waals surface area contributed by atoms with Crippen molar-refractivity contribution in [1.82, 2.24) is 14.3 Å². The van der Waals surface area contributed by atoms with Crippen molar-refractivity contribution in [1.29, 1.82) is 0 Å². The van der Waals surface area contributed by atoms with Crippen molar-refractivity contribution >= 4 is 11.4 Å². The van der Waals surface area contributed by atoms with Crippen LogP contribution in [0, 0.1) is 0 Å². The zero-order valence-corrected chi connectivity index (χ0v) is 9.37. The van der Waals surface area contributed by atoms with E-state index in [9.17, 15) is 4.79 Å². The lowest BCUT2D eigenvalue weighted by molar-refractivity contribution is 0.0302. The van der Waals surface area contributed by atoms with E-state index in [1.54, 1.807) is 12.5 Å². The van der Waals surface area contributed by atoms with Crippen LogP contribution in [0.1, 0.15) is 10.4 Å². The molecular formula is C12H13N3O2. The maximum absolute atomic E-state index is 12.2. The molecule has 0 spiro atoms. The first kappa shape index (κ1) is 10.3. The van der Waals surface area contributed by atoms with E-state index < -0.39 is 0 Å². The van der Waals surface area contributed by atoms with Crippen LogP contribution in [-0.2, 0) is 4.74 Å². The summed E-state index contributed by atoms with van der Waals surface area (Å²) in [4.78, 5) is 18.1. The van der Waals surface area contributed by atoms with Crippen LogP contribution >= 0.6 is 0 Å². The third kappa shape index (κ3) is 1.89. The summed E-state index contributed by atoms with van der Waals surface area (Å²) in [6.07, 6.45) is 5.29. The van der Waals surface area contributed by atoms with E-state index in [1.807, 2.05) is 27.6 Å². The van der Waals surface area contributed by atoms with Crippen LogP contribution in [0.4, 0.5) is 0 Å². The number of aromatic nitrogens is 2. The third-order valence-electron chi connectivity index (χ3n) is 2.95. The maximum atomic E-state index is 12.2. The van der Waals surface area contributed by atoms with Gasteiger partial charge >= 0.3 is 0 Å². The molecular weight excluding hydrogens is 218 g/mol. The van der Waals surface area contributed by atoms with Gasteiger partial charge in [-0.25, -0.2) is 4.98 Å². The Hall–Kier alpha value is -1.88. The van der Waals surface area contributed by atoms with Gasteiger partial charge in [0.1, 0.15) is 0 Å². The molecule has 5 heteroatoms. The predicted octanol–water partition coefficient (Wildman–Crippen LogP) is 0.807. The van der Waals surface area contributed by atoms with Gasteiger partial charge in [0.15, 0.2) is 0 Å². The molecule has 0 aromatic carbocycles. The van der Waals surface area contributed by atoms with Gasteiger partial charge in [-0.2, -0.15) is 0 Å². The summed E-state index contributed by atoms with van der Waals surface area (Å²) in [5.41, 5.74) is 1.68. The zero-order valence-electron chi connectivity index (χ0n) is 9.37. The van der Waals surface area contributed by atoms with Crippen molar-refractivity contribution in [2.45, 2.75) is 0 Å². The molecule has 17 heavy (non-hydrogen) atoms. The Morgan fingerprint density at radius 1 is 1.29 bits per heavy atom. The molecule has 0 radical (unpaired) electrons. The summed E-state index contributed by atoms with van der Waals surface area (Å²) < 4.78 is 7.09. The van der Waals surface area contributed by atoms with Gasteiger partial charge in [0.25, 0.3) is 5.91 Å². The topological polar surface area (TPSA) is 46.8 Å². The van der Waals surface area contributed by atoms with Crippen molar-refractivity contribution in [3.05, 3.63) is 36.4 Å². The normalized spacial score (nSPS) is 16.4. The minimum absolute atomic E-state index is 0.0592. The number of carbonyl (C=O) groups is 1. The standard InChI is InChI=1S/C12H13N3O2/c16-12(14-3-5-17-6-4-14)10-1-2-11-7-13-9-15(11)8-10/h1-2,7-9H,3-6H2. The van der Waals surface area contributed by atoms with E-state index in [2.05, 4.69) is 4.98 Å². The average molecular weight is 231 g/mol. The second-order valence-corrected chi connectivity index (χ2v) is 4.05. The van der Waals surface area contributed by atoms with Gasteiger partial charge in [-0.3, -0.25) is 4.79 Å². The molecule has 1 aliphatic rings. The molecule has 0 N–H and O–H groups in total. The van der Waals surface area contributed by atoms with E-state index >= 15 is 0 Å². The molecule has 2 aromatic heterocycles. The van der Waals surface area contributed by atoms with Gasteiger partial charge in [0, 0.05) is 19.3 Å². The minimum Gasteiger partial charge on any atom is -0.378 e. The number of hydrogen-bond acceptors (Lipinski definition) is 3. The van der Waals surface area contributed by atoms with E-state index in [-0.39, 0.29) is 5.91 Å². The fraction of sp³-hybridized carbons (Fsp3) is 0.333. The van der Waals surface area contributed by atoms with Crippen molar-refractivity contribution in [3.8, 4) is 0 Å². The van der Waals surface area contributed by atoms with Crippen LogP contribution in [0.5, 0.6) is 0 Å². The first-order valence-electron chi connectivity index (χ1n) is 5.63. The van der Waals surface area contributed by atoms with Gasteiger partial charge in [0.2, 0.25) is 0 Å². The molecule has 1 amide bonds. The van der Waals surface area contributed by atoms with Crippen LogP contribution in [-0.4, -0.2) is 46.5 Å². The van der Waals surface area contributed by atoms with Gasteiger partial charge in [0.05, 0.1) is 36.8 Å². The Morgan fingerprint density at radius 2 is 2.12 bits per heavy atom. The Labute approximate surface area is 98.6 Å². The number of fused-ring (bicyclic) bond motifs is 1. The molecule has 1 saturated heterocycles. The number of rotatable bonds is 1. The highest BCUT2D eigenvalue weighted by atomic mass is 16.5. The summed E-state index contributed by atoms with van der Waals surface area (Å²) in [7, 11) is 0. The fourth-order valence-electron chi connectivity index (χ4n) is 2.00. The summed E-state index contributed by atoms with van der Waals surface area (Å²) in [5.74, 6) is 0.0592. The number of ether oxygens (including phenoxy) is 1. The fourth-order valence-corrected chi connectivity index (χ4v) is 2.00. The highest BCUT2D eigenvalue weighted by Gasteiger charge is 2.18. The molecule has 2 aromatic rings. The third-order valence-corrected chi connectivity index (χ3v) is 2.95. The van der Waals surface area contributed by atoms with Crippen LogP contribution in [0.15, 0.2) is 30.9 Å².